The molecule has 0 bridgehead atoms. The van der Waals surface area contributed by atoms with Gasteiger partial charge in [0.2, 0.25) is 28.6 Å². The molecule has 9 nitrogen and oxygen atoms in total. The number of hydrogen-bond donors (Lipinski definition) is 1. The van der Waals surface area contributed by atoms with Crippen LogP contribution in [0.15, 0.2) is 42.5 Å². The topological polar surface area (TPSA) is 105 Å². The lowest BCUT2D eigenvalue weighted by Crippen LogP contribution is -2.52. The number of halogens is 1. The van der Waals surface area contributed by atoms with Gasteiger partial charge in [0.25, 0.3) is 0 Å². The van der Waals surface area contributed by atoms with Crippen LogP contribution in [0.2, 0.25) is 5.02 Å². The third kappa shape index (κ3) is 5.74. The van der Waals surface area contributed by atoms with Crippen molar-refractivity contribution in [3.8, 4) is 11.5 Å². The van der Waals surface area contributed by atoms with Gasteiger partial charge in [-0.05, 0) is 43.2 Å². The number of carbonyl (C=O) groups is 2. The maximum Gasteiger partial charge on any atom is 0.244 e. The Balaban J connectivity index is 1.96. The van der Waals surface area contributed by atoms with Gasteiger partial charge in [-0.2, -0.15) is 0 Å². The van der Waals surface area contributed by atoms with Crippen LogP contribution in [0.25, 0.3) is 0 Å². The third-order valence-electron chi connectivity index (χ3n) is 5.52. The monoisotopic (exact) mass is 509 g/mol. The summed E-state index contributed by atoms with van der Waals surface area (Å²) in [4.78, 5) is 27.6. The molecule has 1 heterocycles. The minimum atomic E-state index is -3.82. The minimum absolute atomic E-state index is 0.0391. The van der Waals surface area contributed by atoms with Crippen LogP contribution in [0.1, 0.15) is 25.8 Å². The van der Waals surface area contributed by atoms with Crippen molar-refractivity contribution in [2.45, 2.75) is 32.9 Å². The van der Waals surface area contributed by atoms with Crippen LogP contribution in [-0.4, -0.2) is 57.3 Å². The molecule has 0 fully saturated rings. The molecule has 2 aromatic rings. The SMILES string of the molecule is CCC(C(=O)NC)N(Cc1ccc(Cl)cc1)C(=O)CN(c1ccc2c(c1)OCO2)S(=O)(=O)CC. The second kappa shape index (κ2) is 11.0. The summed E-state index contributed by atoms with van der Waals surface area (Å²) in [6.07, 6.45) is 0.351. The molecule has 0 aliphatic carbocycles. The number of nitrogens with one attached hydrogen (secondary N) is 1. The quantitative estimate of drug-likeness (QED) is 0.528. The highest BCUT2D eigenvalue weighted by molar-refractivity contribution is 7.92. The molecule has 0 saturated heterocycles. The Morgan fingerprint density at radius 2 is 1.76 bits per heavy atom. The zero-order chi connectivity index (χ0) is 24.9. The van der Waals surface area contributed by atoms with Gasteiger partial charge in [-0.3, -0.25) is 13.9 Å². The van der Waals surface area contributed by atoms with Crippen LogP contribution in [0, 0.1) is 0 Å². The van der Waals surface area contributed by atoms with Gasteiger partial charge in [0.15, 0.2) is 11.5 Å². The number of sulfonamides is 1. The van der Waals surface area contributed by atoms with E-state index in [1.54, 1.807) is 43.3 Å². The molecule has 0 saturated carbocycles. The molecule has 1 unspecified atom stereocenters. The summed E-state index contributed by atoms with van der Waals surface area (Å²) >= 11 is 5.98. The van der Waals surface area contributed by atoms with E-state index in [9.17, 15) is 18.0 Å². The normalized spacial score (nSPS) is 13.3. The van der Waals surface area contributed by atoms with Gasteiger partial charge in [0, 0.05) is 24.7 Å². The molecule has 34 heavy (non-hydrogen) atoms. The summed E-state index contributed by atoms with van der Waals surface area (Å²) in [5.41, 5.74) is 1.03. The Morgan fingerprint density at radius 3 is 2.38 bits per heavy atom. The van der Waals surface area contributed by atoms with E-state index in [-0.39, 0.29) is 30.7 Å². The van der Waals surface area contributed by atoms with Gasteiger partial charge in [-0.1, -0.05) is 30.7 Å². The molecular weight excluding hydrogens is 482 g/mol. The summed E-state index contributed by atoms with van der Waals surface area (Å²) in [6.45, 7) is 2.97. The molecule has 1 aliphatic heterocycles. The largest absolute Gasteiger partial charge is 0.454 e. The molecule has 0 spiro atoms. The maximum absolute atomic E-state index is 13.6. The predicted octanol–water partition coefficient (Wildman–Crippen LogP) is 2.78. The van der Waals surface area contributed by atoms with Crippen LogP contribution in [0.4, 0.5) is 5.69 Å². The highest BCUT2D eigenvalue weighted by Gasteiger charge is 2.32. The van der Waals surface area contributed by atoms with E-state index in [0.29, 0.717) is 22.9 Å². The summed E-state index contributed by atoms with van der Waals surface area (Å²) in [6, 6.07) is 10.8. The fraction of sp³-hybridized carbons (Fsp3) is 0.391. The smallest absolute Gasteiger partial charge is 0.244 e. The average molecular weight is 510 g/mol. The van der Waals surface area contributed by atoms with E-state index in [4.69, 9.17) is 21.1 Å². The number of hydrogen-bond acceptors (Lipinski definition) is 6. The molecule has 11 heteroatoms. The number of benzene rings is 2. The van der Waals surface area contributed by atoms with Crippen molar-refractivity contribution in [1.82, 2.24) is 10.2 Å². The first-order valence-electron chi connectivity index (χ1n) is 10.9. The highest BCUT2D eigenvalue weighted by Crippen LogP contribution is 2.36. The molecule has 0 radical (unpaired) electrons. The van der Waals surface area contributed by atoms with Gasteiger partial charge < -0.3 is 19.7 Å². The molecule has 2 amide bonds. The number of carbonyl (C=O) groups excluding carboxylic acids is 2. The van der Waals surface area contributed by atoms with E-state index in [1.807, 2.05) is 0 Å². The van der Waals surface area contributed by atoms with Crippen LogP contribution < -0.4 is 19.1 Å². The van der Waals surface area contributed by atoms with Crippen LogP contribution in [-0.2, 0) is 26.2 Å². The average Bonchev–Trinajstić information content (AvgIpc) is 3.31. The number of rotatable bonds is 10. The lowest BCUT2D eigenvalue weighted by atomic mass is 10.1. The molecule has 3 rings (SSSR count). The second-order valence-electron chi connectivity index (χ2n) is 7.63. The first kappa shape index (κ1) is 25.6. The second-order valence-corrected chi connectivity index (χ2v) is 10.2. The van der Waals surface area contributed by atoms with Gasteiger partial charge in [-0.15, -0.1) is 0 Å². The Hall–Kier alpha value is -2.98. The van der Waals surface area contributed by atoms with Crippen molar-refractivity contribution >= 4 is 39.1 Å². The number of likely N-dealkylation sites (N-methyl/N-ethyl adjacent to an activating group) is 1. The first-order chi connectivity index (χ1) is 16.2. The van der Waals surface area contributed by atoms with Crippen molar-refractivity contribution in [2.75, 3.05) is 30.4 Å². The minimum Gasteiger partial charge on any atom is -0.454 e. The Labute approximate surface area is 204 Å². The molecule has 1 atom stereocenters. The van der Waals surface area contributed by atoms with Gasteiger partial charge in [0.05, 0.1) is 11.4 Å². The standard InChI is InChI=1S/C23H28ClN3O6S/c1-4-19(23(29)25-3)26(13-16-6-8-17(24)9-7-16)22(28)14-27(34(30,31)5-2)18-10-11-20-21(12-18)33-15-32-20/h6-12,19H,4-5,13-15H2,1-3H3,(H,25,29). The number of fused-ring (bicyclic) bond motifs is 1. The van der Waals surface area contributed by atoms with Crippen molar-refractivity contribution in [3.63, 3.8) is 0 Å². The number of amides is 2. The molecule has 1 N–H and O–H groups in total. The summed E-state index contributed by atoms with van der Waals surface area (Å²) in [7, 11) is -2.33. The molecular formula is C23H28ClN3O6S. The third-order valence-corrected chi connectivity index (χ3v) is 7.52. The number of nitrogens with zero attached hydrogens (tertiary/aromatic N) is 2. The van der Waals surface area contributed by atoms with Crippen molar-refractivity contribution in [3.05, 3.63) is 53.1 Å². The van der Waals surface area contributed by atoms with Crippen molar-refractivity contribution in [2.24, 2.45) is 0 Å². The summed E-state index contributed by atoms with van der Waals surface area (Å²) in [5, 5.41) is 3.13. The fourth-order valence-electron chi connectivity index (χ4n) is 3.63. The molecule has 1 aliphatic rings. The first-order valence-corrected chi connectivity index (χ1v) is 12.8. The van der Waals surface area contributed by atoms with Crippen LogP contribution in [0.5, 0.6) is 11.5 Å². The van der Waals surface area contributed by atoms with Crippen LogP contribution in [0.3, 0.4) is 0 Å². The van der Waals surface area contributed by atoms with Gasteiger partial charge >= 0.3 is 0 Å². The highest BCUT2D eigenvalue weighted by atomic mass is 35.5. The molecule has 0 aromatic heterocycles. The van der Waals surface area contributed by atoms with E-state index in [0.717, 1.165) is 9.87 Å². The number of anilines is 1. The summed E-state index contributed by atoms with van der Waals surface area (Å²) in [5.74, 6) is -0.161. The van der Waals surface area contributed by atoms with Crippen LogP contribution >= 0.6 is 11.6 Å². The van der Waals surface area contributed by atoms with E-state index in [2.05, 4.69) is 5.32 Å². The Morgan fingerprint density at radius 1 is 1.09 bits per heavy atom. The molecule has 2 aromatic carbocycles. The zero-order valence-corrected chi connectivity index (χ0v) is 20.9. The zero-order valence-electron chi connectivity index (χ0n) is 19.3. The van der Waals surface area contributed by atoms with Gasteiger partial charge in [-0.25, -0.2) is 8.42 Å². The predicted molar refractivity (Wildman–Crippen MR) is 130 cm³/mol. The Kier molecular flexibility index (Phi) is 8.27. The number of ether oxygens (including phenoxy) is 2. The van der Waals surface area contributed by atoms with E-state index < -0.39 is 28.5 Å². The van der Waals surface area contributed by atoms with Crippen molar-refractivity contribution < 1.29 is 27.5 Å². The lowest BCUT2D eigenvalue weighted by molar-refractivity contribution is -0.140. The Bertz CT molecular complexity index is 1140. The maximum atomic E-state index is 13.6. The summed E-state index contributed by atoms with van der Waals surface area (Å²) < 4.78 is 37.7. The molecule has 184 valence electrons. The lowest BCUT2D eigenvalue weighted by Gasteiger charge is -2.33. The van der Waals surface area contributed by atoms with Gasteiger partial charge in [0.1, 0.15) is 12.6 Å². The van der Waals surface area contributed by atoms with E-state index >= 15 is 0 Å². The fourth-order valence-corrected chi connectivity index (χ4v) is 4.81. The van der Waals surface area contributed by atoms with E-state index in [1.165, 1.54) is 24.9 Å². The van der Waals surface area contributed by atoms with Crippen molar-refractivity contribution in [1.29, 1.82) is 0 Å².